The van der Waals surface area contributed by atoms with Gasteiger partial charge in [0.15, 0.2) is 0 Å². The van der Waals surface area contributed by atoms with Gasteiger partial charge >= 0.3 is 0 Å². The van der Waals surface area contributed by atoms with Crippen LogP contribution in [0, 0.1) is 11.7 Å². The number of piperazine rings is 1. The molecule has 1 saturated heterocycles. The van der Waals surface area contributed by atoms with Crippen LogP contribution in [0.15, 0.2) is 18.2 Å². The van der Waals surface area contributed by atoms with Crippen LogP contribution in [0.1, 0.15) is 27.2 Å². The van der Waals surface area contributed by atoms with Crippen LogP contribution in [-0.4, -0.2) is 25.2 Å². The van der Waals surface area contributed by atoms with Crippen molar-refractivity contribution in [1.82, 2.24) is 5.32 Å². The first-order valence-electron chi connectivity index (χ1n) is 6.98. The van der Waals surface area contributed by atoms with Gasteiger partial charge in [0.25, 0.3) is 0 Å². The highest BCUT2D eigenvalue weighted by Gasteiger charge is 2.29. The predicted molar refractivity (Wildman–Crippen MR) is 79.5 cm³/mol. The first-order valence-corrected chi connectivity index (χ1v) is 7.35. The van der Waals surface area contributed by atoms with E-state index in [1.807, 2.05) is 0 Å². The zero-order chi connectivity index (χ0) is 14.0. The minimum Gasteiger partial charge on any atom is -0.365 e. The molecule has 2 rings (SSSR count). The van der Waals surface area contributed by atoms with Crippen molar-refractivity contribution in [3.05, 3.63) is 29.0 Å². The quantitative estimate of drug-likeness (QED) is 0.911. The Morgan fingerprint density at radius 1 is 1.53 bits per heavy atom. The number of benzene rings is 1. The molecule has 0 spiro atoms. The number of rotatable bonds is 3. The molecule has 1 heterocycles. The Bertz CT molecular complexity index is 438. The van der Waals surface area contributed by atoms with Crippen molar-refractivity contribution in [3.63, 3.8) is 0 Å². The Balaban J connectivity index is 2.23. The van der Waals surface area contributed by atoms with Crippen LogP contribution in [0.4, 0.5) is 10.1 Å². The van der Waals surface area contributed by atoms with E-state index in [-0.39, 0.29) is 5.82 Å². The fourth-order valence-corrected chi connectivity index (χ4v) is 2.82. The van der Waals surface area contributed by atoms with E-state index in [9.17, 15) is 4.39 Å². The molecule has 1 fully saturated rings. The summed E-state index contributed by atoms with van der Waals surface area (Å²) in [5, 5.41) is 4.20. The van der Waals surface area contributed by atoms with Gasteiger partial charge in [-0.05, 0) is 31.0 Å². The fourth-order valence-electron chi connectivity index (χ4n) is 2.60. The number of hydrogen-bond donors (Lipinski definition) is 1. The van der Waals surface area contributed by atoms with Crippen LogP contribution >= 0.6 is 11.6 Å². The molecular weight excluding hydrogens is 263 g/mol. The highest BCUT2D eigenvalue weighted by Crippen LogP contribution is 2.30. The molecular formula is C15H22ClFN2. The fraction of sp³-hybridized carbons (Fsp3) is 0.600. The SMILES string of the molecule is CCC(C)C1CN(c2cc(F)ccc2Cl)C(C)CN1. The van der Waals surface area contributed by atoms with Crippen molar-refractivity contribution < 1.29 is 4.39 Å². The molecule has 1 N–H and O–H groups in total. The van der Waals surface area contributed by atoms with E-state index in [1.165, 1.54) is 12.1 Å². The average molecular weight is 285 g/mol. The molecule has 0 aromatic heterocycles. The van der Waals surface area contributed by atoms with Gasteiger partial charge in [-0.15, -0.1) is 0 Å². The van der Waals surface area contributed by atoms with Crippen molar-refractivity contribution >= 4 is 17.3 Å². The second-order valence-electron chi connectivity index (χ2n) is 5.50. The van der Waals surface area contributed by atoms with Gasteiger partial charge in [0.2, 0.25) is 0 Å². The molecule has 2 nitrogen and oxygen atoms in total. The standard InChI is InChI=1S/C15H22ClFN2/c1-4-10(2)14-9-19(11(3)8-18-14)15-7-12(17)5-6-13(15)16/h5-7,10-11,14,18H,4,8-9H2,1-3H3. The third-order valence-electron chi connectivity index (χ3n) is 4.15. The maximum Gasteiger partial charge on any atom is 0.125 e. The summed E-state index contributed by atoms with van der Waals surface area (Å²) in [5.74, 6) is 0.368. The summed E-state index contributed by atoms with van der Waals surface area (Å²) in [6.45, 7) is 8.37. The summed E-state index contributed by atoms with van der Waals surface area (Å²) < 4.78 is 13.5. The molecule has 0 amide bonds. The lowest BCUT2D eigenvalue weighted by atomic mass is 9.95. The summed E-state index contributed by atoms with van der Waals surface area (Å²) in [6, 6.07) is 5.34. The van der Waals surface area contributed by atoms with Crippen molar-refractivity contribution in [2.45, 2.75) is 39.3 Å². The molecule has 3 atom stereocenters. The van der Waals surface area contributed by atoms with E-state index in [1.54, 1.807) is 6.07 Å². The Kier molecular flexibility index (Phi) is 4.69. The first-order chi connectivity index (χ1) is 9.02. The zero-order valence-electron chi connectivity index (χ0n) is 11.8. The smallest absolute Gasteiger partial charge is 0.125 e. The Labute approximate surface area is 119 Å². The van der Waals surface area contributed by atoms with Crippen molar-refractivity contribution in [3.8, 4) is 0 Å². The van der Waals surface area contributed by atoms with Gasteiger partial charge < -0.3 is 10.2 Å². The maximum absolute atomic E-state index is 13.5. The molecule has 1 aromatic carbocycles. The molecule has 0 bridgehead atoms. The van der Waals surface area contributed by atoms with Crippen LogP contribution in [-0.2, 0) is 0 Å². The van der Waals surface area contributed by atoms with Gasteiger partial charge in [-0.2, -0.15) is 0 Å². The van der Waals surface area contributed by atoms with Crippen LogP contribution in [0.5, 0.6) is 0 Å². The van der Waals surface area contributed by atoms with E-state index >= 15 is 0 Å². The lowest BCUT2D eigenvalue weighted by Crippen LogP contribution is -2.57. The summed E-state index contributed by atoms with van der Waals surface area (Å²) in [7, 11) is 0. The molecule has 19 heavy (non-hydrogen) atoms. The largest absolute Gasteiger partial charge is 0.365 e. The Morgan fingerprint density at radius 2 is 2.26 bits per heavy atom. The molecule has 1 aromatic rings. The molecule has 106 valence electrons. The number of halogens is 2. The molecule has 1 aliphatic heterocycles. The molecule has 3 unspecified atom stereocenters. The van der Waals surface area contributed by atoms with Gasteiger partial charge in [0.05, 0.1) is 10.7 Å². The van der Waals surface area contributed by atoms with Crippen LogP contribution in [0.3, 0.4) is 0 Å². The number of nitrogens with one attached hydrogen (secondary N) is 1. The van der Waals surface area contributed by atoms with Crippen molar-refractivity contribution in [2.75, 3.05) is 18.0 Å². The topological polar surface area (TPSA) is 15.3 Å². The predicted octanol–water partition coefficient (Wildman–Crippen LogP) is 3.69. The van der Waals surface area contributed by atoms with Crippen molar-refractivity contribution in [2.24, 2.45) is 5.92 Å². The second kappa shape index (κ2) is 6.10. The van der Waals surface area contributed by atoms with E-state index < -0.39 is 0 Å². The van der Waals surface area contributed by atoms with E-state index in [0.717, 1.165) is 25.2 Å². The van der Waals surface area contributed by atoms with E-state index in [0.29, 0.717) is 23.0 Å². The zero-order valence-corrected chi connectivity index (χ0v) is 12.5. The Hall–Kier alpha value is -0.800. The maximum atomic E-state index is 13.5. The van der Waals surface area contributed by atoms with Gasteiger partial charge in [-0.1, -0.05) is 31.9 Å². The van der Waals surface area contributed by atoms with Crippen LogP contribution in [0.25, 0.3) is 0 Å². The number of anilines is 1. The van der Waals surface area contributed by atoms with Gasteiger partial charge in [0, 0.05) is 25.2 Å². The second-order valence-corrected chi connectivity index (χ2v) is 5.90. The van der Waals surface area contributed by atoms with Gasteiger partial charge in [0.1, 0.15) is 5.82 Å². The minimum atomic E-state index is -0.231. The number of nitrogens with zero attached hydrogens (tertiary/aromatic N) is 1. The molecule has 4 heteroatoms. The third-order valence-corrected chi connectivity index (χ3v) is 4.47. The van der Waals surface area contributed by atoms with Crippen molar-refractivity contribution in [1.29, 1.82) is 0 Å². The van der Waals surface area contributed by atoms with Gasteiger partial charge in [-0.25, -0.2) is 4.39 Å². The lowest BCUT2D eigenvalue weighted by molar-refractivity contribution is 0.315. The normalized spacial score (nSPS) is 25.4. The average Bonchev–Trinajstić information content (AvgIpc) is 2.41. The Morgan fingerprint density at radius 3 is 2.95 bits per heavy atom. The highest BCUT2D eigenvalue weighted by atomic mass is 35.5. The minimum absolute atomic E-state index is 0.231. The number of hydrogen-bond acceptors (Lipinski definition) is 2. The first kappa shape index (κ1) is 14.6. The van der Waals surface area contributed by atoms with E-state index in [4.69, 9.17) is 11.6 Å². The van der Waals surface area contributed by atoms with E-state index in [2.05, 4.69) is 31.0 Å². The lowest BCUT2D eigenvalue weighted by Gasteiger charge is -2.42. The molecule has 0 saturated carbocycles. The molecule has 1 aliphatic rings. The molecule has 0 radical (unpaired) electrons. The summed E-state index contributed by atoms with van der Waals surface area (Å²) in [4.78, 5) is 2.22. The monoisotopic (exact) mass is 284 g/mol. The highest BCUT2D eigenvalue weighted by molar-refractivity contribution is 6.33. The molecule has 0 aliphatic carbocycles. The summed E-state index contributed by atoms with van der Waals surface area (Å²) >= 11 is 6.23. The van der Waals surface area contributed by atoms with Gasteiger partial charge in [-0.3, -0.25) is 0 Å². The van der Waals surface area contributed by atoms with Crippen LogP contribution in [0.2, 0.25) is 5.02 Å². The summed E-state index contributed by atoms with van der Waals surface area (Å²) in [5.41, 5.74) is 0.809. The summed E-state index contributed by atoms with van der Waals surface area (Å²) in [6.07, 6.45) is 1.14. The van der Waals surface area contributed by atoms with Crippen LogP contribution < -0.4 is 10.2 Å². The third kappa shape index (κ3) is 3.21.